The number of H-pyrrole nitrogens is 1. The number of carbonyl (C=O) groups excluding carboxylic acids is 2. The van der Waals surface area contributed by atoms with Crippen molar-refractivity contribution >= 4 is 22.8 Å². The molecule has 3 rings (SSSR count). The van der Waals surface area contributed by atoms with Crippen LogP contribution in [0, 0.1) is 0 Å². The van der Waals surface area contributed by atoms with Gasteiger partial charge in [0.1, 0.15) is 0 Å². The Balaban J connectivity index is 1.38. The lowest BCUT2D eigenvalue weighted by molar-refractivity contribution is -0.120. The Bertz CT molecular complexity index is 676. The Labute approximate surface area is 128 Å². The Morgan fingerprint density at radius 2 is 2.00 bits per heavy atom. The second kappa shape index (κ2) is 6.51. The zero-order valence-corrected chi connectivity index (χ0v) is 12.3. The number of hydrogen-bond acceptors (Lipinski definition) is 2. The second-order valence-electron chi connectivity index (χ2n) is 5.56. The number of rotatable bonds is 6. The molecule has 0 bridgehead atoms. The summed E-state index contributed by atoms with van der Waals surface area (Å²) in [6, 6.07) is 8.07. The summed E-state index contributed by atoms with van der Waals surface area (Å²) in [5.41, 5.74) is 2.26. The number of nitrogens with one attached hydrogen (secondary N) is 4. The molecule has 0 saturated heterocycles. The van der Waals surface area contributed by atoms with Crippen LogP contribution in [0.1, 0.15) is 18.4 Å². The lowest BCUT2D eigenvalue weighted by Crippen LogP contribution is -2.43. The fourth-order valence-electron chi connectivity index (χ4n) is 2.38. The van der Waals surface area contributed by atoms with Gasteiger partial charge in [0.15, 0.2) is 0 Å². The minimum Gasteiger partial charge on any atom is -0.361 e. The molecule has 0 unspecified atom stereocenters. The summed E-state index contributed by atoms with van der Waals surface area (Å²) in [5.74, 6) is -0.130. The molecular weight excluding hydrogens is 280 g/mol. The normalized spacial score (nSPS) is 13.8. The van der Waals surface area contributed by atoms with E-state index in [9.17, 15) is 9.59 Å². The Hall–Kier alpha value is -2.50. The molecule has 1 aromatic heterocycles. The van der Waals surface area contributed by atoms with Gasteiger partial charge in [0.05, 0.1) is 6.54 Å². The largest absolute Gasteiger partial charge is 0.361 e. The van der Waals surface area contributed by atoms with Gasteiger partial charge in [0, 0.05) is 29.7 Å². The number of aromatic nitrogens is 1. The standard InChI is InChI=1S/C16H20N4O2/c21-15(20-12-5-6-12)10-19-16(22)17-8-7-11-9-18-14-4-2-1-3-13(11)14/h1-4,9,12,18H,5-8,10H2,(H,20,21)(H2,17,19,22). The second-order valence-corrected chi connectivity index (χ2v) is 5.56. The van der Waals surface area contributed by atoms with Crippen LogP contribution in [0.15, 0.2) is 30.5 Å². The van der Waals surface area contributed by atoms with Crippen LogP contribution in [-0.4, -0.2) is 36.1 Å². The molecule has 1 fully saturated rings. The van der Waals surface area contributed by atoms with Crippen molar-refractivity contribution < 1.29 is 9.59 Å². The first kappa shape index (κ1) is 14.4. The van der Waals surface area contributed by atoms with Crippen molar-refractivity contribution in [3.63, 3.8) is 0 Å². The van der Waals surface area contributed by atoms with Crippen LogP contribution in [0.4, 0.5) is 4.79 Å². The number of aromatic amines is 1. The molecule has 1 aromatic carbocycles. The first-order chi connectivity index (χ1) is 10.7. The summed E-state index contributed by atoms with van der Waals surface area (Å²) < 4.78 is 0. The van der Waals surface area contributed by atoms with Gasteiger partial charge >= 0.3 is 6.03 Å². The molecular formula is C16H20N4O2. The molecule has 1 saturated carbocycles. The van der Waals surface area contributed by atoms with Gasteiger partial charge in [-0.25, -0.2) is 4.79 Å². The molecule has 4 N–H and O–H groups in total. The molecule has 0 aliphatic heterocycles. The molecule has 116 valence electrons. The van der Waals surface area contributed by atoms with Crippen LogP contribution in [0.2, 0.25) is 0 Å². The first-order valence-electron chi connectivity index (χ1n) is 7.58. The van der Waals surface area contributed by atoms with Crippen molar-refractivity contribution in [2.75, 3.05) is 13.1 Å². The molecule has 2 aromatic rings. The van der Waals surface area contributed by atoms with Gasteiger partial charge in [-0.3, -0.25) is 4.79 Å². The van der Waals surface area contributed by atoms with Crippen molar-refractivity contribution in [3.8, 4) is 0 Å². The van der Waals surface area contributed by atoms with Gasteiger partial charge in [-0.2, -0.15) is 0 Å². The number of urea groups is 1. The maximum atomic E-state index is 11.6. The van der Waals surface area contributed by atoms with Gasteiger partial charge in [-0.1, -0.05) is 18.2 Å². The fraction of sp³-hybridized carbons (Fsp3) is 0.375. The lowest BCUT2D eigenvalue weighted by Gasteiger charge is -2.07. The fourth-order valence-corrected chi connectivity index (χ4v) is 2.38. The van der Waals surface area contributed by atoms with E-state index in [1.807, 2.05) is 24.4 Å². The molecule has 0 spiro atoms. The number of amides is 3. The number of hydrogen-bond donors (Lipinski definition) is 4. The molecule has 1 heterocycles. The third-order valence-corrected chi connectivity index (χ3v) is 3.71. The van der Waals surface area contributed by atoms with Crippen LogP contribution in [0.3, 0.4) is 0 Å². The lowest BCUT2D eigenvalue weighted by atomic mass is 10.1. The van der Waals surface area contributed by atoms with Crippen molar-refractivity contribution in [2.45, 2.75) is 25.3 Å². The molecule has 0 radical (unpaired) electrons. The summed E-state index contributed by atoms with van der Waals surface area (Å²) >= 11 is 0. The predicted molar refractivity (Wildman–Crippen MR) is 84.6 cm³/mol. The number of carbonyl (C=O) groups is 2. The topological polar surface area (TPSA) is 86.0 Å². The molecule has 0 atom stereocenters. The SMILES string of the molecule is O=C(CNC(=O)NCCc1c[nH]c2ccccc12)NC1CC1. The highest BCUT2D eigenvalue weighted by Gasteiger charge is 2.23. The molecule has 6 nitrogen and oxygen atoms in total. The van der Waals surface area contributed by atoms with E-state index in [4.69, 9.17) is 0 Å². The van der Waals surface area contributed by atoms with Gasteiger partial charge in [0.25, 0.3) is 0 Å². The summed E-state index contributed by atoms with van der Waals surface area (Å²) in [6.07, 6.45) is 4.80. The van der Waals surface area contributed by atoms with Crippen LogP contribution in [0.25, 0.3) is 10.9 Å². The van der Waals surface area contributed by atoms with Crippen molar-refractivity contribution in [2.24, 2.45) is 0 Å². The Morgan fingerprint density at radius 3 is 2.82 bits per heavy atom. The summed E-state index contributed by atoms with van der Waals surface area (Å²) in [7, 11) is 0. The zero-order chi connectivity index (χ0) is 15.4. The van der Waals surface area contributed by atoms with Crippen LogP contribution < -0.4 is 16.0 Å². The van der Waals surface area contributed by atoms with Crippen molar-refractivity contribution in [1.29, 1.82) is 0 Å². The third kappa shape index (κ3) is 3.78. The van der Waals surface area contributed by atoms with Crippen molar-refractivity contribution in [3.05, 3.63) is 36.0 Å². The van der Waals surface area contributed by atoms with E-state index >= 15 is 0 Å². The van der Waals surface area contributed by atoms with E-state index in [-0.39, 0.29) is 18.5 Å². The monoisotopic (exact) mass is 300 g/mol. The number of fused-ring (bicyclic) bond motifs is 1. The van der Waals surface area contributed by atoms with Crippen LogP contribution in [0.5, 0.6) is 0 Å². The Morgan fingerprint density at radius 1 is 1.18 bits per heavy atom. The molecule has 22 heavy (non-hydrogen) atoms. The average Bonchev–Trinajstić information content (AvgIpc) is 3.24. The third-order valence-electron chi connectivity index (χ3n) is 3.71. The summed E-state index contributed by atoms with van der Waals surface area (Å²) in [5, 5.41) is 9.33. The van der Waals surface area contributed by atoms with E-state index in [0.717, 1.165) is 24.8 Å². The molecule has 1 aliphatic carbocycles. The maximum absolute atomic E-state index is 11.6. The van der Waals surface area contributed by atoms with E-state index in [2.05, 4.69) is 27.0 Å². The zero-order valence-electron chi connectivity index (χ0n) is 12.3. The predicted octanol–water partition coefficient (Wildman–Crippen LogP) is 1.29. The van der Waals surface area contributed by atoms with Crippen LogP contribution in [-0.2, 0) is 11.2 Å². The quantitative estimate of drug-likeness (QED) is 0.648. The number of para-hydroxylation sites is 1. The van der Waals surface area contributed by atoms with E-state index in [0.29, 0.717) is 12.6 Å². The smallest absolute Gasteiger partial charge is 0.315 e. The van der Waals surface area contributed by atoms with Gasteiger partial charge < -0.3 is 20.9 Å². The summed E-state index contributed by atoms with van der Waals surface area (Å²) in [4.78, 5) is 26.3. The molecule has 6 heteroatoms. The van der Waals surface area contributed by atoms with Crippen LogP contribution >= 0.6 is 0 Å². The average molecular weight is 300 g/mol. The molecule has 3 amide bonds. The maximum Gasteiger partial charge on any atom is 0.315 e. The van der Waals surface area contributed by atoms with E-state index < -0.39 is 0 Å². The Kier molecular flexibility index (Phi) is 4.27. The highest BCUT2D eigenvalue weighted by atomic mass is 16.2. The number of benzene rings is 1. The molecule has 1 aliphatic rings. The highest BCUT2D eigenvalue weighted by Crippen LogP contribution is 2.18. The summed E-state index contributed by atoms with van der Waals surface area (Å²) in [6.45, 7) is 0.549. The van der Waals surface area contributed by atoms with Gasteiger partial charge in [-0.05, 0) is 30.9 Å². The van der Waals surface area contributed by atoms with Gasteiger partial charge in [-0.15, -0.1) is 0 Å². The van der Waals surface area contributed by atoms with Crippen molar-refractivity contribution in [1.82, 2.24) is 20.9 Å². The minimum absolute atomic E-state index is 0.0232. The van der Waals surface area contributed by atoms with E-state index in [1.165, 1.54) is 10.9 Å². The highest BCUT2D eigenvalue weighted by molar-refractivity contribution is 5.84. The minimum atomic E-state index is -0.314. The van der Waals surface area contributed by atoms with Gasteiger partial charge in [0.2, 0.25) is 5.91 Å². The van der Waals surface area contributed by atoms with E-state index in [1.54, 1.807) is 0 Å². The first-order valence-corrected chi connectivity index (χ1v) is 7.58.